The van der Waals surface area contributed by atoms with E-state index in [0.29, 0.717) is 11.6 Å². The van der Waals surface area contributed by atoms with E-state index in [1.54, 1.807) is 6.92 Å². The molecule has 0 amide bonds. The maximum Gasteiger partial charge on any atom is 0.328 e. The van der Waals surface area contributed by atoms with Crippen LogP contribution in [-0.4, -0.2) is 43.3 Å². The molecular weight excluding hydrogens is 326 g/mol. The Morgan fingerprint density at radius 1 is 1.38 bits per heavy atom. The largest absolute Gasteiger partial charge is 0.465 e. The smallest absolute Gasteiger partial charge is 0.328 e. The molecule has 0 fully saturated rings. The monoisotopic (exact) mass is 349 g/mol. The van der Waals surface area contributed by atoms with Crippen LogP contribution in [0.1, 0.15) is 32.4 Å². The number of aliphatic imine (C=N–C) groups is 1. The second kappa shape index (κ2) is 10.8. The molecule has 0 radical (unpaired) electrons. The van der Waals surface area contributed by atoms with Crippen LogP contribution >= 0.6 is 11.6 Å². The zero-order valence-electron chi connectivity index (χ0n) is 14.4. The van der Waals surface area contributed by atoms with Gasteiger partial charge in [0.15, 0.2) is 5.92 Å². The average Bonchev–Trinajstić information content (AvgIpc) is 2.59. The molecule has 0 saturated heterocycles. The van der Waals surface area contributed by atoms with Gasteiger partial charge in [-0.1, -0.05) is 43.6 Å². The molecule has 1 unspecified atom stereocenters. The highest BCUT2D eigenvalue weighted by Gasteiger charge is 2.21. The summed E-state index contributed by atoms with van der Waals surface area (Å²) in [6.07, 6.45) is 1.37. The van der Waals surface area contributed by atoms with Crippen LogP contribution in [0, 0.1) is 17.2 Å². The van der Waals surface area contributed by atoms with Crippen molar-refractivity contribution in [2.45, 2.75) is 26.8 Å². The molecule has 2 atom stereocenters. The first-order chi connectivity index (χ1) is 11.6. The van der Waals surface area contributed by atoms with E-state index < -0.39 is 11.9 Å². The number of halogens is 1. The minimum atomic E-state index is -0.978. The van der Waals surface area contributed by atoms with Gasteiger partial charge in [-0.3, -0.25) is 14.7 Å². The molecule has 1 rings (SSSR count). The first-order valence-electron chi connectivity index (χ1n) is 8.13. The van der Waals surface area contributed by atoms with Crippen LogP contribution in [0.15, 0.2) is 29.3 Å². The number of nitrogens with zero attached hydrogens (tertiary/aromatic N) is 3. The summed E-state index contributed by atoms with van der Waals surface area (Å²) in [7, 11) is 0. The molecular formula is C18H24ClN3O2. The average molecular weight is 350 g/mol. The fraction of sp³-hybridized carbons (Fsp3) is 0.500. The number of benzene rings is 1. The highest BCUT2D eigenvalue weighted by Crippen LogP contribution is 2.27. The number of hydrogen-bond donors (Lipinski definition) is 0. The van der Waals surface area contributed by atoms with E-state index in [0.717, 1.165) is 18.7 Å². The van der Waals surface area contributed by atoms with Gasteiger partial charge in [0.1, 0.15) is 0 Å². The summed E-state index contributed by atoms with van der Waals surface area (Å²) in [4.78, 5) is 18.2. The second-order valence-electron chi connectivity index (χ2n) is 5.13. The predicted octanol–water partition coefficient (Wildman–Crippen LogP) is 3.50. The molecule has 130 valence electrons. The lowest BCUT2D eigenvalue weighted by atomic mass is 10.0. The summed E-state index contributed by atoms with van der Waals surface area (Å²) in [5.41, 5.74) is 0.990. The molecule has 0 aliphatic carbocycles. The van der Waals surface area contributed by atoms with E-state index in [1.807, 2.05) is 30.3 Å². The van der Waals surface area contributed by atoms with Crippen molar-refractivity contribution >= 4 is 23.8 Å². The highest BCUT2D eigenvalue weighted by molar-refractivity contribution is 6.31. The maximum absolute atomic E-state index is 11.7. The Hall–Kier alpha value is -1.90. The SMILES string of the molecule is CCOC(=O)C(C#N)C=NC[C@H](c1ccccc1Cl)N(CC)CC. The van der Waals surface area contributed by atoms with Crippen molar-refractivity contribution < 1.29 is 9.53 Å². The standard InChI is InChI=1S/C18H24ClN3O2/c1-4-22(5-2)17(15-9-7-8-10-16(15)19)13-21-12-14(11-20)18(23)24-6-3/h7-10,12,14,17H,4-6,13H2,1-3H3/t14?,17-/m1/s1. The number of nitriles is 1. The lowest BCUT2D eigenvalue weighted by molar-refractivity contribution is -0.143. The highest BCUT2D eigenvalue weighted by atomic mass is 35.5. The molecule has 0 heterocycles. The second-order valence-corrected chi connectivity index (χ2v) is 5.54. The van der Waals surface area contributed by atoms with E-state index >= 15 is 0 Å². The number of hydrogen-bond acceptors (Lipinski definition) is 5. The van der Waals surface area contributed by atoms with Gasteiger partial charge in [0.05, 0.1) is 25.3 Å². The fourth-order valence-corrected chi connectivity index (χ4v) is 2.73. The Morgan fingerprint density at radius 2 is 2.04 bits per heavy atom. The number of ether oxygens (including phenoxy) is 1. The van der Waals surface area contributed by atoms with E-state index in [4.69, 9.17) is 21.6 Å². The van der Waals surface area contributed by atoms with Gasteiger partial charge in [-0.2, -0.15) is 5.26 Å². The van der Waals surface area contributed by atoms with Crippen molar-refractivity contribution in [1.82, 2.24) is 4.90 Å². The van der Waals surface area contributed by atoms with Crippen molar-refractivity contribution in [3.8, 4) is 6.07 Å². The minimum absolute atomic E-state index is 0.00788. The third kappa shape index (κ3) is 5.63. The third-order valence-electron chi connectivity index (χ3n) is 3.73. The molecule has 0 saturated carbocycles. The van der Waals surface area contributed by atoms with Crippen LogP contribution < -0.4 is 0 Å². The van der Waals surface area contributed by atoms with Gasteiger partial charge in [-0.15, -0.1) is 0 Å². The van der Waals surface area contributed by atoms with E-state index in [1.165, 1.54) is 6.21 Å². The number of esters is 1. The van der Waals surface area contributed by atoms with Gasteiger partial charge in [0.2, 0.25) is 0 Å². The van der Waals surface area contributed by atoms with Crippen LogP contribution in [0.5, 0.6) is 0 Å². The van der Waals surface area contributed by atoms with Gasteiger partial charge in [-0.25, -0.2) is 0 Å². The van der Waals surface area contributed by atoms with Crippen molar-refractivity contribution in [2.75, 3.05) is 26.2 Å². The van der Waals surface area contributed by atoms with Crippen molar-refractivity contribution in [3.05, 3.63) is 34.9 Å². The topological polar surface area (TPSA) is 65.7 Å². The van der Waals surface area contributed by atoms with E-state index in [9.17, 15) is 4.79 Å². The summed E-state index contributed by atoms with van der Waals surface area (Å²) in [5.74, 6) is -1.55. The summed E-state index contributed by atoms with van der Waals surface area (Å²) in [6.45, 7) is 8.22. The Bertz CT molecular complexity index is 594. The molecule has 1 aromatic carbocycles. The lowest BCUT2D eigenvalue weighted by Crippen LogP contribution is -2.31. The number of carbonyl (C=O) groups is 1. The van der Waals surface area contributed by atoms with Gasteiger partial charge >= 0.3 is 5.97 Å². The number of likely N-dealkylation sites (N-methyl/N-ethyl adjacent to an activating group) is 1. The van der Waals surface area contributed by atoms with Crippen LogP contribution in [0.4, 0.5) is 0 Å². The summed E-state index contributed by atoms with van der Waals surface area (Å²) >= 11 is 6.33. The zero-order chi connectivity index (χ0) is 17.9. The van der Waals surface area contributed by atoms with Crippen LogP contribution in [0.3, 0.4) is 0 Å². The normalized spacial score (nSPS) is 13.7. The molecule has 0 bridgehead atoms. The van der Waals surface area contributed by atoms with Gasteiger partial charge in [0, 0.05) is 11.2 Å². The van der Waals surface area contributed by atoms with Crippen molar-refractivity contribution in [2.24, 2.45) is 10.9 Å². The molecule has 0 aliphatic rings. The summed E-state index contributed by atoms with van der Waals surface area (Å²) in [5, 5.41) is 9.76. The number of carbonyl (C=O) groups excluding carboxylic acids is 1. The first-order valence-corrected chi connectivity index (χ1v) is 8.51. The van der Waals surface area contributed by atoms with Crippen molar-refractivity contribution in [1.29, 1.82) is 5.26 Å². The van der Waals surface area contributed by atoms with Crippen LogP contribution in [0.25, 0.3) is 0 Å². The minimum Gasteiger partial charge on any atom is -0.465 e. The van der Waals surface area contributed by atoms with Crippen molar-refractivity contribution in [3.63, 3.8) is 0 Å². The summed E-state index contributed by atoms with van der Waals surface area (Å²) in [6, 6.07) is 9.56. The lowest BCUT2D eigenvalue weighted by Gasteiger charge is -2.29. The van der Waals surface area contributed by atoms with Gasteiger partial charge < -0.3 is 4.74 Å². The predicted molar refractivity (Wildman–Crippen MR) is 96.2 cm³/mol. The number of rotatable bonds is 9. The fourth-order valence-electron chi connectivity index (χ4n) is 2.47. The van der Waals surface area contributed by atoms with Crippen LogP contribution in [0.2, 0.25) is 5.02 Å². The third-order valence-corrected chi connectivity index (χ3v) is 4.07. The zero-order valence-corrected chi connectivity index (χ0v) is 15.2. The van der Waals surface area contributed by atoms with E-state index in [-0.39, 0.29) is 12.6 Å². The first kappa shape index (κ1) is 20.1. The quantitative estimate of drug-likeness (QED) is 0.505. The Kier molecular flexibility index (Phi) is 9.06. The molecule has 1 aromatic rings. The Morgan fingerprint density at radius 3 is 2.58 bits per heavy atom. The van der Waals surface area contributed by atoms with Gasteiger partial charge in [-0.05, 0) is 31.6 Å². The Balaban J connectivity index is 2.94. The molecule has 0 spiro atoms. The van der Waals surface area contributed by atoms with Gasteiger partial charge in [0.25, 0.3) is 0 Å². The molecule has 6 heteroatoms. The molecule has 24 heavy (non-hydrogen) atoms. The molecule has 5 nitrogen and oxygen atoms in total. The molecule has 0 aromatic heterocycles. The molecule has 0 aliphatic heterocycles. The Labute approximate surface area is 148 Å². The van der Waals surface area contributed by atoms with Crippen LogP contribution in [-0.2, 0) is 9.53 Å². The maximum atomic E-state index is 11.7. The molecule has 0 N–H and O–H groups in total. The van der Waals surface area contributed by atoms with E-state index in [2.05, 4.69) is 23.7 Å². The summed E-state index contributed by atoms with van der Waals surface area (Å²) < 4.78 is 4.86.